The average Bonchev–Trinajstić information content (AvgIpc) is 3.38. The summed E-state index contributed by atoms with van der Waals surface area (Å²) in [4.78, 5) is 18.5. The largest absolute Gasteiger partial charge is 0.369 e. The van der Waals surface area contributed by atoms with Crippen LogP contribution in [0.4, 0.5) is 20.2 Å². The van der Waals surface area contributed by atoms with Crippen molar-refractivity contribution in [2.45, 2.75) is 39.2 Å². The van der Waals surface area contributed by atoms with Crippen LogP contribution in [0.3, 0.4) is 0 Å². The van der Waals surface area contributed by atoms with Crippen molar-refractivity contribution < 1.29 is 13.6 Å². The van der Waals surface area contributed by atoms with Crippen LogP contribution in [-0.2, 0) is 0 Å². The molecule has 208 valence electrons. The molecule has 39 heavy (non-hydrogen) atoms. The Labute approximate surface area is 234 Å². The highest BCUT2D eigenvalue weighted by Crippen LogP contribution is 2.38. The maximum Gasteiger partial charge on any atom is 0.280 e. The fraction of sp³-hybridized carbons (Fsp3) is 0.467. The number of hydrogen-bond donors (Lipinski definition) is 0. The van der Waals surface area contributed by atoms with E-state index in [4.69, 9.17) is 11.6 Å². The van der Waals surface area contributed by atoms with Crippen molar-refractivity contribution in [3.05, 3.63) is 64.9 Å². The van der Waals surface area contributed by atoms with Crippen molar-refractivity contribution >= 4 is 29.3 Å². The molecule has 0 N–H and O–H groups in total. The van der Waals surface area contributed by atoms with Crippen molar-refractivity contribution in [3.63, 3.8) is 0 Å². The molecule has 2 aliphatic heterocycles. The van der Waals surface area contributed by atoms with Crippen LogP contribution in [0.15, 0.2) is 48.7 Å². The van der Waals surface area contributed by atoms with Crippen molar-refractivity contribution in [3.8, 4) is 11.1 Å². The molecule has 0 amide bonds. The number of alkyl halides is 2. The number of carbonyl (C=O) groups excluding carboxylic acids is 1. The number of nitrogens with zero attached hydrogens (tertiary/aromatic N) is 5. The molecule has 2 fully saturated rings. The summed E-state index contributed by atoms with van der Waals surface area (Å²) in [5.74, 6) is 0.680. The van der Waals surface area contributed by atoms with Gasteiger partial charge in [-0.05, 0) is 48.6 Å². The van der Waals surface area contributed by atoms with Gasteiger partial charge < -0.3 is 9.80 Å². The topological polar surface area (TPSA) is 44.6 Å². The minimum absolute atomic E-state index is 0.0491. The Kier molecular flexibility index (Phi) is 8.52. The fourth-order valence-corrected chi connectivity index (χ4v) is 6.10. The highest BCUT2D eigenvalue weighted by atomic mass is 35.5. The lowest BCUT2D eigenvalue weighted by atomic mass is 9.99. The first-order valence-electron chi connectivity index (χ1n) is 13.8. The van der Waals surface area contributed by atoms with Crippen molar-refractivity contribution in [2.75, 3.05) is 55.6 Å². The van der Waals surface area contributed by atoms with Gasteiger partial charge in [0, 0.05) is 67.8 Å². The number of piperazine rings is 1. The number of halogens is 3. The quantitative estimate of drug-likeness (QED) is 0.294. The SMILES string of the molecule is CC(C)CN1CCN(c2ccc(-c3ccc(Cl)cc3N3CCCC(n4ncc(C=O)c4C(F)F)C3)cc2)CC1. The molecule has 2 aromatic carbocycles. The Morgan fingerprint density at radius 3 is 2.44 bits per heavy atom. The average molecular weight is 556 g/mol. The normalized spacial score (nSPS) is 18.8. The summed E-state index contributed by atoms with van der Waals surface area (Å²) in [6, 6.07) is 14.3. The van der Waals surface area contributed by atoms with E-state index in [9.17, 15) is 13.6 Å². The zero-order valence-electron chi connectivity index (χ0n) is 22.6. The summed E-state index contributed by atoms with van der Waals surface area (Å²) in [6.07, 6.45) is 0.462. The number of benzene rings is 2. The van der Waals surface area contributed by atoms with Gasteiger partial charge in [-0.3, -0.25) is 14.4 Å². The maximum absolute atomic E-state index is 13.8. The molecule has 1 unspecified atom stereocenters. The predicted octanol–water partition coefficient (Wildman–Crippen LogP) is 6.57. The second kappa shape index (κ2) is 12.0. The molecule has 2 saturated heterocycles. The van der Waals surface area contributed by atoms with E-state index >= 15 is 0 Å². The van der Waals surface area contributed by atoms with Gasteiger partial charge in [0.1, 0.15) is 5.69 Å². The van der Waals surface area contributed by atoms with Gasteiger partial charge in [0.25, 0.3) is 6.43 Å². The zero-order chi connectivity index (χ0) is 27.5. The van der Waals surface area contributed by atoms with Crippen LogP contribution in [0, 0.1) is 5.92 Å². The van der Waals surface area contributed by atoms with E-state index < -0.39 is 6.43 Å². The molecule has 0 saturated carbocycles. The van der Waals surface area contributed by atoms with Gasteiger partial charge in [-0.2, -0.15) is 5.10 Å². The summed E-state index contributed by atoms with van der Waals surface area (Å²) in [5, 5.41) is 4.80. The number of anilines is 2. The maximum atomic E-state index is 13.8. The van der Waals surface area contributed by atoms with Crippen LogP contribution in [0.1, 0.15) is 55.2 Å². The number of rotatable bonds is 8. The minimum atomic E-state index is -2.76. The van der Waals surface area contributed by atoms with E-state index in [0.29, 0.717) is 30.2 Å². The van der Waals surface area contributed by atoms with Crippen molar-refractivity contribution in [1.82, 2.24) is 14.7 Å². The van der Waals surface area contributed by atoms with Crippen LogP contribution in [0.2, 0.25) is 5.02 Å². The number of piperidine rings is 1. The molecule has 5 rings (SSSR count). The second-order valence-electron chi connectivity index (χ2n) is 11.0. The Morgan fingerprint density at radius 2 is 1.77 bits per heavy atom. The van der Waals surface area contributed by atoms with Gasteiger partial charge in [-0.15, -0.1) is 0 Å². The number of aldehydes is 1. The molecule has 0 radical (unpaired) electrons. The molecule has 3 aromatic rings. The lowest BCUT2D eigenvalue weighted by Crippen LogP contribution is -2.47. The van der Waals surface area contributed by atoms with Gasteiger partial charge in [-0.25, -0.2) is 8.78 Å². The summed E-state index contributed by atoms with van der Waals surface area (Å²) in [5.41, 5.74) is 3.98. The first-order valence-corrected chi connectivity index (χ1v) is 14.1. The Balaban J connectivity index is 1.35. The van der Waals surface area contributed by atoms with Crippen LogP contribution < -0.4 is 9.80 Å². The van der Waals surface area contributed by atoms with Gasteiger partial charge in [-0.1, -0.05) is 43.6 Å². The van der Waals surface area contributed by atoms with Gasteiger partial charge in [0.15, 0.2) is 6.29 Å². The number of aromatic nitrogens is 2. The van der Waals surface area contributed by atoms with Crippen LogP contribution in [-0.4, -0.2) is 66.8 Å². The summed E-state index contributed by atoms with van der Waals surface area (Å²) < 4.78 is 29.0. The highest BCUT2D eigenvalue weighted by molar-refractivity contribution is 6.31. The van der Waals surface area contributed by atoms with E-state index in [-0.39, 0.29) is 17.3 Å². The number of carbonyl (C=O) groups is 1. The Bertz CT molecular complexity index is 1270. The molecule has 0 spiro atoms. The molecule has 1 aromatic heterocycles. The van der Waals surface area contributed by atoms with E-state index in [0.717, 1.165) is 62.5 Å². The molecule has 9 heteroatoms. The Morgan fingerprint density at radius 1 is 1.03 bits per heavy atom. The number of hydrogen-bond acceptors (Lipinski definition) is 5. The van der Waals surface area contributed by atoms with Crippen molar-refractivity contribution in [1.29, 1.82) is 0 Å². The van der Waals surface area contributed by atoms with Gasteiger partial charge >= 0.3 is 0 Å². The molecule has 6 nitrogen and oxygen atoms in total. The molecule has 1 atom stereocenters. The molecule has 0 aliphatic carbocycles. The predicted molar refractivity (Wildman–Crippen MR) is 153 cm³/mol. The Hall–Kier alpha value is -2.97. The second-order valence-corrected chi connectivity index (χ2v) is 11.4. The smallest absolute Gasteiger partial charge is 0.280 e. The van der Waals surface area contributed by atoms with E-state index in [2.05, 4.69) is 57.9 Å². The lowest BCUT2D eigenvalue weighted by molar-refractivity contribution is 0.109. The fourth-order valence-electron chi connectivity index (χ4n) is 5.93. The zero-order valence-corrected chi connectivity index (χ0v) is 23.3. The van der Waals surface area contributed by atoms with Crippen LogP contribution in [0.25, 0.3) is 11.1 Å². The van der Waals surface area contributed by atoms with Crippen LogP contribution in [0.5, 0.6) is 0 Å². The van der Waals surface area contributed by atoms with Gasteiger partial charge in [0.2, 0.25) is 0 Å². The highest BCUT2D eigenvalue weighted by Gasteiger charge is 2.29. The van der Waals surface area contributed by atoms with E-state index in [1.165, 1.54) is 16.6 Å². The lowest BCUT2D eigenvalue weighted by Gasteiger charge is -2.37. The van der Waals surface area contributed by atoms with Gasteiger partial charge in [0.05, 0.1) is 17.8 Å². The third-order valence-electron chi connectivity index (χ3n) is 7.78. The molecule has 2 aliphatic rings. The molecular weight excluding hydrogens is 520 g/mol. The standard InChI is InChI=1S/C30H36ClF2N5O/c1-21(2)18-35-12-14-36(15-13-35)25-8-5-22(6-9-25)27-10-7-24(31)16-28(27)37-11-3-4-26(19-37)38-29(30(32)33)23(20-39)17-34-38/h5-10,16-17,20-21,26,30H,3-4,11-15,18-19H2,1-2H3. The summed E-state index contributed by atoms with van der Waals surface area (Å²) in [7, 11) is 0. The monoisotopic (exact) mass is 555 g/mol. The molecule has 3 heterocycles. The first kappa shape index (κ1) is 27.6. The van der Waals surface area contributed by atoms with E-state index in [1.807, 2.05) is 18.2 Å². The molecule has 0 bridgehead atoms. The summed E-state index contributed by atoms with van der Waals surface area (Å²) >= 11 is 6.44. The minimum Gasteiger partial charge on any atom is -0.369 e. The van der Waals surface area contributed by atoms with Crippen LogP contribution >= 0.6 is 11.6 Å². The third kappa shape index (κ3) is 6.12. The van der Waals surface area contributed by atoms with Crippen molar-refractivity contribution in [2.24, 2.45) is 5.92 Å². The first-order chi connectivity index (χ1) is 18.8. The van der Waals surface area contributed by atoms with E-state index in [1.54, 1.807) is 0 Å². The third-order valence-corrected chi connectivity index (χ3v) is 8.01. The summed E-state index contributed by atoms with van der Waals surface area (Å²) in [6.45, 7) is 11.2. The molecular formula is C30H36ClF2N5O.